The van der Waals surface area contributed by atoms with Crippen LogP contribution in [0.2, 0.25) is 0 Å². The predicted octanol–water partition coefficient (Wildman–Crippen LogP) is 2.13. The molecule has 0 saturated carbocycles. The SMILES string of the molecule is Cc1cc(NC(=O)[C@@H]2CCCN(c3ccc(=O)n(C)n3)C2)n(-c2ccccc2)n1. The molecule has 1 aliphatic heterocycles. The summed E-state index contributed by atoms with van der Waals surface area (Å²) in [6, 6.07) is 14.8. The van der Waals surface area contributed by atoms with Crippen LogP contribution in [0.1, 0.15) is 18.5 Å². The number of nitrogens with one attached hydrogen (secondary N) is 1. The largest absolute Gasteiger partial charge is 0.354 e. The van der Waals surface area contributed by atoms with Crippen molar-refractivity contribution in [1.29, 1.82) is 0 Å². The average Bonchev–Trinajstić information content (AvgIpc) is 3.11. The molecule has 4 rings (SSSR count). The Balaban J connectivity index is 1.50. The first kappa shape index (κ1) is 18.9. The van der Waals surface area contributed by atoms with Crippen LogP contribution in [0.25, 0.3) is 5.69 Å². The molecule has 1 fully saturated rings. The van der Waals surface area contributed by atoms with Crippen molar-refractivity contribution in [1.82, 2.24) is 19.6 Å². The molecule has 0 unspecified atom stereocenters. The van der Waals surface area contributed by atoms with E-state index in [2.05, 4.69) is 20.4 Å². The zero-order valence-corrected chi connectivity index (χ0v) is 16.6. The minimum Gasteiger partial charge on any atom is -0.354 e. The highest BCUT2D eigenvalue weighted by Gasteiger charge is 2.27. The van der Waals surface area contributed by atoms with Gasteiger partial charge in [0.2, 0.25) is 5.91 Å². The second-order valence-electron chi connectivity index (χ2n) is 7.35. The molecule has 0 aliphatic carbocycles. The van der Waals surface area contributed by atoms with Gasteiger partial charge in [0.15, 0.2) is 0 Å². The van der Waals surface area contributed by atoms with Gasteiger partial charge in [-0.3, -0.25) is 9.59 Å². The third kappa shape index (κ3) is 4.06. The Morgan fingerprint density at radius 2 is 1.93 bits per heavy atom. The van der Waals surface area contributed by atoms with Gasteiger partial charge in [-0.1, -0.05) is 18.2 Å². The van der Waals surface area contributed by atoms with Crippen molar-refractivity contribution < 1.29 is 4.79 Å². The monoisotopic (exact) mass is 392 g/mol. The third-order valence-electron chi connectivity index (χ3n) is 5.15. The number of amides is 1. The number of hydrogen-bond acceptors (Lipinski definition) is 5. The molecular weight excluding hydrogens is 368 g/mol. The second kappa shape index (κ2) is 7.90. The van der Waals surface area contributed by atoms with Crippen molar-refractivity contribution in [3.63, 3.8) is 0 Å². The first-order valence-electron chi connectivity index (χ1n) is 9.73. The van der Waals surface area contributed by atoms with Crippen molar-refractivity contribution >= 4 is 17.5 Å². The van der Waals surface area contributed by atoms with Gasteiger partial charge in [0.25, 0.3) is 5.56 Å². The second-order valence-corrected chi connectivity index (χ2v) is 7.35. The highest BCUT2D eigenvalue weighted by atomic mass is 16.2. The van der Waals surface area contributed by atoms with E-state index in [0.717, 1.165) is 36.6 Å². The van der Waals surface area contributed by atoms with Crippen LogP contribution < -0.4 is 15.8 Å². The lowest BCUT2D eigenvalue weighted by atomic mass is 9.97. The first-order chi connectivity index (χ1) is 14.0. The zero-order chi connectivity index (χ0) is 20.4. The number of carbonyl (C=O) groups excluding carboxylic acids is 1. The third-order valence-corrected chi connectivity index (χ3v) is 5.15. The van der Waals surface area contributed by atoms with E-state index in [1.807, 2.05) is 43.3 Å². The highest BCUT2D eigenvalue weighted by Crippen LogP contribution is 2.23. The van der Waals surface area contributed by atoms with Gasteiger partial charge in [-0.25, -0.2) is 9.36 Å². The van der Waals surface area contributed by atoms with Crippen LogP contribution >= 0.6 is 0 Å². The maximum atomic E-state index is 13.0. The van der Waals surface area contributed by atoms with Gasteiger partial charge in [-0.05, 0) is 38.0 Å². The minimum absolute atomic E-state index is 0.0309. The Hall–Kier alpha value is -3.42. The van der Waals surface area contributed by atoms with E-state index < -0.39 is 0 Å². The summed E-state index contributed by atoms with van der Waals surface area (Å²) in [5.41, 5.74) is 1.59. The molecule has 8 heteroatoms. The Morgan fingerprint density at radius 3 is 2.69 bits per heavy atom. The van der Waals surface area contributed by atoms with E-state index in [-0.39, 0.29) is 17.4 Å². The number of carbonyl (C=O) groups is 1. The fourth-order valence-electron chi connectivity index (χ4n) is 3.64. The number of benzene rings is 1. The van der Waals surface area contributed by atoms with Crippen LogP contribution in [0.5, 0.6) is 0 Å². The molecule has 1 atom stereocenters. The number of anilines is 2. The van der Waals surface area contributed by atoms with E-state index in [0.29, 0.717) is 12.4 Å². The Kier molecular flexibility index (Phi) is 5.16. The van der Waals surface area contributed by atoms with Crippen LogP contribution in [-0.2, 0) is 11.8 Å². The van der Waals surface area contributed by atoms with Crippen LogP contribution in [0.4, 0.5) is 11.6 Å². The van der Waals surface area contributed by atoms with E-state index in [9.17, 15) is 9.59 Å². The van der Waals surface area contributed by atoms with Crippen molar-refractivity contribution in [3.05, 3.63) is 64.6 Å². The van der Waals surface area contributed by atoms with E-state index in [1.165, 1.54) is 10.7 Å². The van der Waals surface area contributed by atoms with E-state index in [1.54, 1.807) is 17.8 Å². The first-order valence-corrected chi connectivity index (χ1v) is 9.73. The average molecular weight is 392 g/mol. The molecule has 2 aromatic heterocycles. The lowest BCUT2D eigenvalue weighted by Crippen LogP contribution is -2.42. The number of nitrogens with zero attached hydrogens (tertiary/aromatic N) is 5. The maximum absolute atomic E-state index is 13.0. The fourth-order valence-corrected chi connectivity index (χ4v) is 3.64. The Labute approximate surface area is 168 Å². The standard InChI is InChI=1S/C21H24N6O2/c1-15-13-19(27(23-15)17-8-4-3-5-9-17)22-21(29)16-7-6-12-26(14-16)18-10-11-20(28)25(2)24-18/h3-5,8-11,13,16H,6-7,12,14H2,1-2H3,(H,22,29)/t16-/m1/s1. The van der Waals surface area contributed by atoms with Crippen LogP contribution in [-0.4, -0.2) is 38.6 Å². The summed E-state index contributed by atoms with van der Waals surface area (Å²) in [5, 5.41) is 11.9. The van der Waals surface area contributed by atoms with Crippen molar-refractivity contribution in [2.75, 3.05) is 23.3 Å². The Bertz CT molecular complexity index is 1070. The van der Waals surface area contributed by atoms with E-state index >= 15 is 0 Å². The van der Waals surface area contributed by atoms with Gasteiger partial charge in [0.05, 0.1) is 17.3 Å². The Morgan fingerprint density at radius 1 is 1.14 bits per heavy atom. The van der Waals surface area contributed by atoms with Gasteiger partial charge < -0.3 is 10.2 Å². The molecule has 0 radical (unpaired) electrons. The van der Waals surface area contributed by atoms with E-state index in [4.69, 9.17) is 0 Å². The molecule has 1 saturated heterocycles. The number of aryl methyl sites for hydroxylation is 2. The topological polar surface area (TPSA) is 85.0 Å². The lowest BCUT2D eigenvalue weighted by molar-refractivity contribution is -0.120. The summed E-state index contributed by atoms with van der Waals surface area (Å²) in [7, 11) is 1.63. The lowest BCUT2D eigenvalue weighted by Gasteiger charge is -2.32. The van der Waals surface area contributed by atoms with Gasteiger partial charge >= 0.3 is 0 Å². The number of piperidine rings is 1. The van der Waals surface area contributed by atoms with Gasteiger partial charge in [0.1, 0.15) is 11.6 Å². The normalized spacial score (nSPS) is 16.6. The maximum Gasteiger partial charge on any atom is 0.266 e. The molecule has 29 heavy (non-hydrogen) atoms. The number of hydrogen-bond donors (Lipinski definition) is 1. The highest BCUT2D eigenvalue weighted by molar-refractivity contribution is 5.92. The molecule has 8 nitrogen and oxygen atoms in total. The molecule has 3 heterocycles. The summed E-state index contributed by atoms with van der Waals surface area (Å²) >= 11 is 0. The van der Waals surface area contributed by atoms with Gasteiger partial charge in [0, 0.05) is 32.3 Å². The zero-order valence-electron chi connectivity index (χ0n) is 16.6. The van der Waals surface area contributed by atoms with Gasteiger partial charge in [-0.15, -0.1) is 0 Å². The summed E-state index contributed by atoms with van der Waals surface area (Å²) in [5.74, 6) is 1.18. The summed E-state index contributed by atoms with van der Waals surface area (Å²) in [4.78, 5) is 26.7. The van der Waals surface area contributed by atoms with Crippen LogP contribution in [0.15, 0.2) is 53.3 Å². The molecule has 3 aromatic rings. The van der Waals surface area contributed by atoms with Gasteiger partial charge in [-0.2, -0.15) is 10.2 Å². The molecule has 1 aromatic carbocycles. The number of aromatic nitrogens is 4. The van der Waals surface area contributed by atoms with Crippen LogP contribution in [0.3, 0.4) is 0 Å². The molecule has 0 spiro atoms. The summed E-state index contributed by atoms with van der Waals surface area (Å²) in [6.07, 6.45) is 1.70. The molecule has 1 N–H and O–H groups in total. The van der Waals surface area contributed by atoms with Crippen LogP contribution in [0, 0.1) is 12.8 Å². The fraction of sp³-hybridized carbons (Fsp3) is 0.333. The quantitative estimate of drug-likeness (QED) is 0.735. The van der Waals surface area contributed by atoms with Crippen molar-refractivity contribution in [2.24, 2.45) is 13.0 Å². The predicted molar refractivity (Wildman–Crippen MR) is 111 cm³/mol. The number of rotatable bonds is 4. The molecular formula is C21H24N6O2. The van der Waals surface area contributed by atoms with Crippen molar-refractivity contribution in [2.45, 2.75) is 19.8 Å². The number of para-hydroxylation sites is 1. The molecule has 1 aliphatic rings. The minimum atomic E-state index is -0.165. The molecule has 0 bridgehead atoms. The summed E-state index contributed by atoms with van der Waals surface area (Å²) < 4.78 is 3.07. The smallest absolute Gasteiger partial charge is 0.266 e. The summed E-state index contributed by atoms with van der Waals surface area (Å²) in [6.45, 7) is 3.29. The molecule has 150 valence electrons. The van der Waals surface area contributed by atoms with Crippen molar-refractivity contribution in [3.8, 4) is 5.69 Å². The molecule has 1 amide bonds.